The maximum atomic E-state index is 13.4. The number of allylic oxidation sites excluding steroid dienone is 1. The molecule has 0 heterocycles. The summed E-state index contributed by atoms with van der Waals surface area (Å²) in [5, 5.41) is 0. The predicted molar refractivity (Wildman–Crippen MR) is 61.0 cm³/mol. The monoisotopic (exact) mass is 308 g/mol. The first-order valence-corrected chi connectivity index (χ1v) is 5.63. The van der Waals surface area contributed by atoms with Gasteiger partial charge >= 0.3 is 5.97 Å². The van der Waals surface area contributed by atoms with Crippen LogP contribution < -0.4 is 0 Å². The van der Waals surface area contributed by atoms with Crippen LogP contribution in [0.2, 0.25) is 0 Å². The number of halogens is 5. The van der Waals surface area contributed by atoms with Crippen LogP contribution in [0.25, 0.3) is 0 Å². The van der Waals surface area contributed by atoms with Crippen LogP contribution in [0.4, 0.5) is 22.0 Å². The van der Waals surface area contributed by atoms with Crippen molar-refractivity contribution in [2.24, 2.45) is 0 Å². The predicted octanol–water partition coefficient (Wildman–Crippen LogP) is 3.07. The van der Waals surface area contributed by atoms with Crippen molar-refractivity contribution in [2.75, 3.05) is 6.61 Å². The van der Waals surface area contributed by atoms with Crippen LogP contribution in [0.5, 0.6) is 0 Å². The van der Waals surface area contributed by atoms with E-state index >= 15 is 0 Å². The van der Waals surface area contributed by atoms with E-state index in [2.05, 4.69) is 4.74 Å². The van der Waals surface area contributed by atoms with Gasteiger partial charge < -0.3 is 4.74 Å². The highest BCUT2D eigenvalue weighted by atomic mass is 19.2. The fraction of sp³-hybridized carbons (Fsp3) is 0.231. The number of benzene rings is 1. The van der Waals surface area contributed by atoms with Crippen LogP contribution in [0.3, 0.4) is 0 Å². The lowest BCUT2D eigenvalue weighted by Gasteiger charge is -2.06. The Morgan fingerprint density at radius 2 is 1.38 bits per heavy atom. The second kappa shape index (κ2) is 6.47. The molecule has 0 aliphatic heterocycles. The Labute approximate surface area is 116 Å². The number of carbonyl (C=O) groups excluding carboxylic acids is 2. The van der Waals surface area contributed by atoms with Crippen molar-refractivity contribution in [3.05, 3.63) is 46.3 Å². The third-order valence-electron chi connectivity index (χ3n) is 2.40. The van der Waals surface area contributed by atoms with E-state index < -0.39 is 46.4 Å². The highest BCUT2D eigenvalue weighted by molar-refractivity contribution is 6.08. The van der Waals surface area contributed by atoms with Gasteiger partial charge in [-0.15, -0.1) is 0 Å². The van der Waals surface area contributed by atoms with Crippen molar-refractivity contribution in [2.45, 2.75) is 13.8 Å². The van der Waals surface area contributed by atoms with Gasteiger partial charge in [-0.1, -0.05) is 0 Å². The van der Waals surface area contributed by atoms with Crippen LogP contribution in [0.1, 0.15) is 24.2 Å². The average molecular weight is 308 g/mol. The lowest BCUT2D eigenvalue weighted by molar-refractivity contribution is -0.138. The molecule has 1 rings (SSSR count). The van der Waals surface area contributed by atoms with Gasteiger partial charge in [0.2, 0.25) is 5.82 Å². The molecular weight excluding hydrogens is 299 g/mol. The Morgan fingerprint density at radius 3 is 1.81 bits per heavy atom. The topological polar surface area (TPSA) is 43.4 Å². The minimum Gasteiger partial charge on any atom is -0.463 e. The molecule has 0 saturated heterocycles. The first kappa shape index (κ1) is 16.8. The summed E-state index contributed by atoms with van der Waals surface area (Å²) < 4.78 is 70.0. The summed E-state index contributed by atoms with van der Waals surface area (Å²) in [5.74, 6) is -13.8. The Kier molecular flexibility index (Phi) is 5.17. The number of rotatable bonds is 4. The third-order valence-corrected chi connectivity index (χ3v) is 2.40. The number of hydrogen-bond donors (Lipinski definition) is 0. The summed E-state index contributed by atoms with van der Waals surface area (Å²) in [4.78, 5) is 22.8. The maximum Gasteiger partial charge on any atom is 0.333 e. The van der Waals surface area contributed by atoms with Crippen molar-refractivity contribution in [1.29, 1.82) is 0 Å². The van der Waals surface area contributed by atoms with Gasteiger partial charge in [-0.05, 0) is 19.9 Å². The van der Waals surface area contributed by atoms with Gasteiger partial charge in [-0.25, -0.2) is 26.7 Å². The molecule has 0 N–H and O–H groups in total. The second-order valence-electron chi connectivity index (χ2n) is 3.86. The van der Waals surface area contributed by atoms with E-state index in [0.29, 0.717) is 6.08 Å². The molecule has 1 aromatic rings. The van der Waals surface area contributed by atoms with Crippen molar-refractivity contribution < 1.29 is 36.3 Å². The molecule has 0 bridgehead atoms. The van der Waals surface area contributed by atoms with E-state index in [1.807, 2.05) is 0 Å². The van der Waals surface area contributed by atoms with Crippen LogP contribution in [0.15, 0.2) is 11.6 Å². The number of ketones is 1. The van der Waals surface area contributed by atoms with Crippen molar-refractivity contribution in [3.63, 3.8) is 0 Å². The smallest absolute Gasteiger partial charge is 0.333 e. The lowest BCUT2D eigenvalue weighted by atomic mass is 10.1. The Morgan fingerprint density at radius 1 is 0.952 bits per heavy atom. The molecule has 0 amide bonds. The van der Waals surface area contributed by atoms with Crippen LogP contribution in [0, 0.1) is 29.1 Å². The molecule has 0 aliphatic rings. The van der Waals surface area contributed by atoms with Gasteiger partial charge in [0.05, 0.1) is 12.2 Å². The van der Waals surface area contributed by atoms with Crippen LogP contribution in [-0.4, -0.2) is 18.4 Å². The van der Waals surface area contributed by atoms with Crippen LogP contribution >= 0.6 is 0 Å². The molecule has 0 atom stereocenters. The molecule has 114 valence electrons. The van der Waals surface area contributed by atoms with Gasteiger partial charge in [0.1, 0.15) is 0 Å². The van der Waals surface area contributed by atoms with Gasteiger partial charge in [-0.2, -0.15) is 0 Å². The van der Waals surface area contributed by atoms with Crippen molar-refractivity contribution in [1.82, 2.24) is 0 Å². The highest BCUT2D eigenvalue weighted by Gasteiger charge is 2.29. The molecule has 0 aliphatic carbocycles. The quantitative estimate of drug-likeness (QED) is 0.214. The summed E-state index contributed by atoms with van der Waals surface area (Å²) in [5.41, 5.74) is -1.97. The normalized spacial score (nSPS) is 11.5. The second-order valence-corrected chi connectivity index (χ2v) is 3.86. The Balaban J connectivity index is 3.33. The number of ether oxygens (including phenoxy) is 1. The SMILES string of the molecule is CCOC(=O)/C(C)=C/C(=O)c1c(F)c(F)c(F)c(F)c1F. The van der Waals surface area contributed by atoms with Crippen molar-refractivity contribution >= 4 is 11.8 Å². The van der Waals surface area contributed by atoms with Gasteiger partial charge in [0, 0.05) is 5.57 Å². The minimum absolute atomic E-state index is 0.0132. The van der Waals surface area contributed by atoms with Gasteiger partial charge in [-0.3, -0.25) is 4.79 Å². The fourth-order valence-corrected chi connectivity index (χ4v) is 1.39. The van der Waals surface area contributed by atoms with Crippen LogP contribution in [-0.2, 0) is 9.53 Å². The van der Waals surface area contributed by atoms with Gasteiger partial charge in [0.15, 0.2) is 29.1 Å². The summed E-state index contributed by atoms with van der Waals surface area (Å²) >= 11 is 0. The molecule has 8 heteroatoms. The molecule has 0 unspecified atom stereocenters. The van der Waals surface area contributed by atoms with E-state index in [1.54, 1.807) is 0 Å². The Hall–Kier alpha value is -2.25. The summed E-state index contributed by atoms with van der Waals surface area (Å²) in [7, 11) is 0. The zero-order valence-electron chi connectivity index (χ0n) is 10.9. The van der Waals surface area contributed by atoms with E-state index in [0.717, 1.165) is 6.92 Å². The van der Waals surface area contributed by atoms with E-state index in [9.17, 15) is 31.5 Å². The zero-order valence-corrected chi connectivity index (χ0v) is 10.9. The largest absolute Gasteiger partial charge is 0.463 e. The Bertz CT molecular complexity index is 608. The summed E-state index contributed by atoms with van der Waals surface area (Å²) in [6.45, 7) is 2.57. The number of esters is 1. The molecule has 1 aromatic carbocycles. The van der Waals surface area contributed by atoms with E-state index in [1.165, 1.54) is 6.92 Å². The minimum atomic E-state index is -2.37. The zero-order chi connectivity index (χ0) is 16.3. The van der Waals surface area contributed by atoms with Gasteiger partial charge in [0.25, 0.3) is 0 Å². The maximum absolute atomic E-state index is 13.4. The molecule has 0 saturated carbocycles. The van der Waals surface area contributed by atoms with Crippen molar-refractivity contribution in [3.8, 4) is 0 Å². The molecule has 0 aromatic heterocycles. The van der Waals surface area contributed by atoms with E-state index in [-0.39, 0.29) is 12.2 Å². The number of hydrogen-bond acceptors (Lipinski definition) is 3. The average Bonchev–Trinajstić information content (AvgIpc) is 2.43. The standard InChI is InChI=1S/C13H9F5O3/c1-3-21-13(20)5(2)4-6(19)7-8(14)10(16)12(18)11(17)9(7)15/h4H,3H2,1-2H3/b5-4+. The molecule has 0 spiro atoms. The summed E-state index contributed by atoms with van der Waals surface area (Å²) in [6.07, 6.45) is 0.441. The third kappa shape index (κ3) is 3.26. The molecule has 21 heavy (non-hydrogen) atoms. The first-order valence-electron chi connectivity index (χ1n) is 5.63. The van der Waals surface area contributed by atoms with E-state index in [4.69, 9.17) is 0 Å². The highest BCUT2D eigenvalue weighted by Crippen LogP contribution is 2.24. The fourth-order valence-electron chi connectivity index (χ4n) is 1.39. The molecular formula is C13H9F5O3. The molecule has 3 nitrogen and oxygen atoms in total. The summed E-state index contributed by atoms with van der Waals surface area (Å²) in [6, 6.07) is 0. The lowest BCUT2D eigenvalue weighted by Crippen LogP contribution is -2.13. The molecule has 0 fully saturated rings. The number of carbonyl (C=O) groups is 2. The molecule has 0 radical (unpaired) electrons. The first-order chi connectivity index (χ1) is 9.72.